The molecule has 0 spiro atoms. The second-order valence-corrected chi connectivity index (χ2v) is 10.6. The number of para-hydroxylation sites is 2. The molecule has 2 aromatic heterocycles. The van der Waals surface area contributed by atoms with Crippen LogP contribution in [0.1, 0.15) is 42.7 Å². The Hall–Kier alpha value is -5.12. The number of nitrogens with zero attached hydrogens (tertiary/aromatic N) is 5. The summed E-state index contributed by atoms with van der Waals surface area (Å²) in [5.41, 5.74) is 2.78. The van der Waals surface area contributed by atoms with Gasteiger partial charge in [0.15, 0.2) is 0 Å². The number of pyridine rings is 1. The maximum absolute atomic E-state index is 14.3. The van der Waals surface area contributed by atoms with Crippen LogP contribution in [0.25, 0.3) is 21.9 Å². The Bertz CT molecular complexity index is 1740. The molecule has 2 heterocycles. The third kappa shape index (κ3) is 5.91. The number of anilines is 1. The molecular weight excluding hydrogens is 520 g/mol. The lowest BCUT2D eigenvalue weighted by Gasteiger charge is -2.33. The van der Waals surface area contributed by atoms with Gasteiger partial charge in [-0.2, -0.15) is 0 Å². The van der Waals surface area contributed by atoms with Gasteiger partial charge in [-0.25, -0.2) is 9.48 Å². The van der Waals surface area contributed by atoms with E-state index < -0.39 is 29.4 Å². The van der Waals surface area contributed by atoms with E-state index in [0.29, 0.717) is 27.8 Å². The number of nitrogens with one attached hydrogen (secondary N) is 1. The SMILES string of the molecule is COC(=O)c1ccc([C@@H](C(=O)NC(C)(C)C)N(C(=O)Cn2nnc3ccccc32)c2cnc3ccccc3c2)cc1. The van der Waals surface area contributed by atoms with Gasteiger partial charge in [-0.05, 0) is 62.7 Å². The standard InChI is InChI=1S/C31H30N6O4/c1-31(2,3)33-29(39)28(20-13-15-21(16-14-20)30(40)41-4)37(23-17-22-9-5-6-10-24(22)32-18-23)27(38)19-36-26-12-8-7-11-25(26)34-35-36/h5-18,28H,19H2,1-4H3,(H,33,39)/t28-/m0/s1. The molecule has 0 aliphatic heterocycles. The molecule has 41 heavy (non-hydrogen) atoms. The Morgan fingerprint density at radius 1 is 0.951 bits per heavy atom. The van der Waals surface area contributed by atoms with Gasteiger partial charge in [-0.15, -0.1) is 5.10 Å². The fraction of sp³-hybridized carbons (Fsp3) is 0.226. The number of fused-ring (bicyclic) bond motifs is 2. The molecule has 1 atom stereocenters. The Balaban J connectivity index is 1.65. The average molecular weight is 551 g/mol. The van der Waals surface area contributed by atoms with Gasteiger partial charge in [0.1, 0.15) is 18.1 Å². The molecule has 5 aromatic rings. The number of methoxy groups -OCH3 is 1. The van der Waals surface area contributed by atoms with Crippen LogP contribution in [-0.2, 0) is 20.9 Å². The van der Waals surface area contributed by atoms with Gasteiger partial charge >= 0.3 is 5.97 Å². The van der Waals surface area contributed by atoms with Crippen LogP contribution in [0.2, 0.25) is 0 Å². The van der Waals surface area contributed by atoms with Crippen molar-refractivity contribution in [1.29, 1.82) is 0 Å². The lowest BCUT2D eigenvalue weighted by Crippen LogP contribution is -2.50. The van der Waals surface area contributed by atoms with E-state index in [0.717, 1.165) is 10.9 Å². The highest BCUT2D eigenvalue weighted by Gasteiger charge is 2.35. The van der Waals surface area contributed by atoms with E-state index in [1.54, 1.807) is 30.5 Å². The van der Waals surface area contributed by atoms with Crippen molar-refractivity contribution in [3.8, 4) is 0 Å². The van der Waals surface area contributed by atoms with E-state index in [1.807, 2.05) is 75.4 Å². The molecule has 5 rings (SSSR count). The van der Waals surface area contributed by atoms with E-state index >= 15 is 0 Å². The Morgan fingerprint density at radius 2 is 1.63 bits per heavy atom. The van der Waals surface area contributed by atoms with Crippen LogP contribution in [0.3, 0.4) is 0 Å². The first-order chi connectivity index (χ1) is 19.6. The lowest BCUT2D eigenvalue weighted by atomic mass is 9.99. The fourth-order valence-electron chi connectivity index (χ4n) is 4.64. The van der Waals surface area contributed by atoms with Gasteiger partial charge < -0.3 is 10.1 Å². The van der Waals surface area contributed by atoms with E-state index in [2.05, 4.69) is 20.6 Å². The molecule has 0 bridgehead atoms. The average Bonchev–Trinajstić information content (AvgIpc) is 3.36. The summed E-state index contributed by atoms with van der Waals surface area (Å²) < 4.78 is 6.35. The van der Waals surface area contributed by atoms with Crippen molar-refractivity contribution in [3.63, 3.8) is 0 Å². The largest absolute Gasteiger partial charge is 0.465 e. The summed E-state index contributed by atoms with van der Waals surface area (Å²) in [5.74, 6) is -1.30. The molecule has 208 valence electrons. The van der Waals surface area contributed by atoms with Gasteiger partial charge in [-0.3, -0.25) is 19.5 Å². The molecular formula is C31H30N6O4. The second kappa shape index (κ2) is 11.2. The normalized spacial score (nSPS) is 12.2. The van der Waals surface area contributed by atoms with E-state index in [9.17, 15) is 14.4 Å². The monoisotopic (exact) mass is 550 g/mol. The molecule has 0 unspecified atom stereocenters. The van der Waals surface area contributed by atoms with Crippen molar-refractivity contribution in [2.45, 2.75) is 38.9 Å². The number of hydrogen-bond donors (Lipinski definition) is 1. The molecule has 0 fully saturated rings. The number of esters is 1. The molecule has 10 heteroatoms. The Kier molecular flexibility index (Phi) is 7.47. The van der Waals surface area contributed by atoms with Crippen molar-refractivity contribution in [2.24, 2.45) is 0 Å². The number of aromatic nitrogens is 4. The molecule has 0 saturated carbocycles. The van der Waals surface area contributed by atoms with Crippen LogP contribution in [0, 0.1) is 0 Å². The van der Waals surface area contributed by atoms with Crippen LogP contribution in [-0.4, -0.2) is 50.4 Å². The Morgan fingerprint density at radius 3 is 2.34 bits per heavy atom. The third-order valence-corrected chi connectivity index (χ3v) is 6.48. The molecule has 2 amide bonds. The van der Waals surface area contributed by atoms with Gasteiger partial charge in [0.2, 0.25) is 11.8 Å². The number of carbonyl (C=O) groups excluding carboxylic acids is 3. The first kappa shape index (κ1) is 27.4. The highest BCUT2D eigenvalue weighted by atomic mass is 16.5. The maximum Gasteiger partial charge on any atom is 0.337 e. The third-order valence-electron chi connectivity index (χ3n) is 6.48. The zero-order valence-corrected chi connectivity index (χ0v) is 23.2. The fourth-order valence-corrected chi connectivity index (χ4v) is 4.64. The maximum atomic E-state index is 14.3. The van der Waals surface area contributed by atoms with Crippen molar-refractivity contribution >= 4 is 45.4 Å². The molecule has 0 radical (unpaired) electrons. The summed E-state index contributed by atoms with van der Waals surface area (Å²) in [6.45, 7) is 5.43. The van der Waals surface area contributed by atoms with E-state index in [-0.39, 0.29) is 6.54 Å². The van der Waals surface area contributed by atoms with Crippen LogP contribution in [0.5, 0.6) is 0 Å². The molecule has 3 aromatic carbocycles. The van der Waals surface area contributed by atoms with E-state index in [4.69, 9.17) is 4.74 Å². The van der Waals surface area contributed by atoms with Crippen LogP contribution in [0.15, 0.2) is 85.1 Å². The van der Waals surface area contributed by atoms with Gasteiger partial charge in [0.25, 0.3) is 0 Å². The number of ether oxygens (including phenoxy) is 1. The molecule has 1 N–H and O–H groups in total. The molecule has 0 aliphatic rings. The van der Waals surface area contributed by atoms with E-state index in [1.165, 1.54) is 16.7 Å². The Labute approximate surface area is 236 Å². The smallest absolute Gasteiger partial charge is 0.337 e. The molecule has 0 saturated heterocycles. The van der Waals surface area contributed by atoms with Gasteiger partial charge in [0.05, 0.1) is 35.6 Å². The summed E-state index contributed by atoms with van der Waals surface area (Å²) in [6.07, 6.45) is 1.58. The second-order valence-electron chi connectivity index (χ2n) is 10.6. The summed E-state index contributed by atoms with van der Waals surface area (Å²) >= 11 is 0. The highest BCUT2D eigenvalue weighted by molar-refractivity contribution is 6.03. The van der Waals surface area contributed by atoms with Crippen molar-refractivity contribution in [1.82, 2.24) is 25.3 Å². The minimum atomic E-state index is -1.09. The lowest BCUT2D eigenvalue weighted by molar-refractivity contribution is -0.128. The summed E-state index contributed by atoms with van der Waals surface area (Å²) in [4.78, 5) is 46.3. The van der Waals surface area contributed by atoms with Crippen molar-refractivity contribution < 1.29 is 19.1 Å². The predicted molar refractivity (Wildman–Crippen MR) is 155 cm³/mol. The van der Waals surface area contributed by atoms with Crippen molar-refractivity contribution in [3.05, 3.63) is 96.2 Å². The first-order valence-corrected chi connectivity index (χ1v) is 13.1. The quantitative estimate of drug-likeness (QED) is 0.297. The summed E-state index contributed by atoms with van der Waals surface area (Å²) in [5, 5.41) is 12.2. The number of carbonyl (C=O) groups is 3. The number of amides is 2. The summed E-state index contributed by atoms with van der Waals surface area (Å²) in [7, 11) is 1.30. The topological polar surface area (TPSA) is 119 Å². The van der Waals surface area contributed by atoms with Crippen LogP contribution < -0.4 is 10.2 Å². The summed E-state index contributed by atoms with van der Waals surface area (Å²) in [6, 6.07) is 22.1. The van der Waals surface area contributed by atoms with Crippen LogP contribution in [0.4, 0.5) is 5.69 Å². The predicted octanol–water partition coefficient (Wildman–Crippen LogP) is 4.46. The van der Waals surface area contributed by atoms with Crippen molar-refractivity contribution in [2.75, 3.05) is 12.0 Å². The number of benzene rings is 3. The van der Waals surface area contributed by atoms with Gasteiger partial charge in [-0.1, -0.05) is 47.7 Å². The van der Waals surface area contributed by atoms with Crippen LogP contribution >= 0.6 is 0 Å². The highest BCUT2D eigenvalue weighted by Crippen LogP contribution is 2.31. The molecule has 0 aliphatic carbocycles. The first-order valence-electron chi connectivity index (χ1n) is 13.1. The minimum Gasteiger partial charge on any atom is -0.465 e. The zero-order valence-electron chi connectivity index (χ0n) is 23.2. The zero-order chi connectivity index (χ0) is 29.1. The van der Waals surface area contributed by atoms with Gasteiger partial charge in [0, 0.05) is 10.9 Å². The molecule has 10 nitrogen and oxygen atoms in total. The number of rotatable bonds is 7. The number of hydrogen-bond acceptors (Lipinski definition) is 7. The minimum absolute atomic E-state index is 0.174.